The fourth-order valence-corrected chi connectivity index (χ4v) is 3.85. The zero-order valence-corrected chi connectivity index (χ0v) is 11.5. The number of hydrogen-bond donors (Lipinski definition) is 2. The molecule has 1 aromatic rings. The molecule has 1 amide bonds. The SMILES string of the molecule is CC1(C)C2CN(C(=O)c3n[nH]c4c3CNCC4)CC21. The number of hydrogen-bond acceptors (Lipinski definition) is 3. The second-order valence-electron chi connectivity index (χ2n) is 6.70. The third kappa shape index (κ3) is 1.51. The number of piperidine rings is 1. The average Bonchev–Trinajstić information content (AvgIpc) is 2.89. The predicted octanol–water partition coefficient (Wildman–Crippen LogP) is 0.783. The molecule has 3 heterocycles. The summed E-state index contributed by atoms with van der Waals surface area (Å²) in [6.45, 7) is 8.16. The number of nitrogens with zero attached hydrogens (tertiary/aromatic N) is 2. The smallest absolute Gasteiger partial charge is 0.274 e. The van der Waals surface area contributed by atoms with E-state index in [4.69, 9.17) is 0 Å². The molecule has 0 spiro atoms. The van der Waals surface area contributed by atoms with Crippen LogP contribution in [-0.4, -0.2) is 40.6 Å². The number of nitrogens with one attached hydrogen (secondary N) is 2. The van der Waals surface area contributed by atoms with Gasteiger partial charge in [-0.25, -0.2) is 0 Å². The molecule has 0 radical (unpaired) electrons. The van der Waals surface area contributed by atoms with Gasteiger partial charge in [-0.2, -0.15) is 5.10 Å². The summed E-state index contributed by atoms with van der Waals surface area (Å²) in [6.07, 6.45) is 0.938. The number of rotatable bonds is 1. The highest BCUT2D eigenvalue weighted by Crippen LogP contribution is 2.62. The number of aromatic nitrogens is 2. The highest BCUT2D eigenvalue weighted by molar-refractivity contribution is 5.94. The van der Waals surface area contributed by atoms with Crippen molar-refractivity contribution in [2.75, 3.05) is 19.6 Å². The van der Waals surface area contributed by atoms with Crippen LogP contribution >= 0.6 is 0 Å². The predicted molar refractivity (Wildman–Crippen MR) is 70.7 cm³/mol. The van der Waals surface area contributed by atoms with Crippen LogP contribution in [0.3, 0.4) is 0 Å². The van der Waals surface area contributed by atoms with Crippen LogP contribution in [0.25, 0.3) is 0 Å². The molecule has 1 saturated heterocycles. The first kappa shape index (κ1) is 11.5. The summed E-state index contributed by atoms with van der Waals surface area (Å²) in [5, 5.41) is 10.6. The largest absolute Gasteiger partial charge is 0.337 e. The van der Waals surface area contributed by atoms with Crippen LogP contribution in [0.2, 0.25) is 0 Å². The molecule has 2 fully saturated rings. The molecule has 0 aromatic carbocycles. The Bertz CT molecular complexity index is 534. The lowest BCUT2D eigenvalue weighted by molar-refractivity contribution is 0.0751. The minimum Gasteiger partial charge on any atom is -0.337 e. The molecular formula is C14H20N4O. The molecule has 3 aliphatic rings. The van der Waals surface area contributed by atoms with Crippen LogP contribution < -0.4 is 5.32 Å². The quantitative estimate of drug-likeness (QED) is 0.784. The van der Waals surface area contributed by atoms with Crippen molar-refractivity contribution in [3.05, 3.63) is 17.0 Å². The third-order valence-corrected chi connectivity index (χ3v) is 5.42. The van der Waals surface area contributed by atoms with Gasteiger partial charge in [0, 0.05) is 43.9 Å². The summed E-state index contributed by atoms with van der Waals surface area (Å²) < 4.78 is 0. The maximum absolute atomic E-state index is 12.6. The molecule has 2 aliphatic heterocycles. The maximum atomic E-state index is 12.6. The van der Waals surface area contributed by atoms with Crippen molar-refractivity contribution in [3.8, 4) is 0 Å². The van der Waals surface area contributed by atoms with E-state index in [2.05, 4.69) is 29.4 Å². The number of fused-ring (bicyclic) bond motifs is 2. The summed E-state index contributed by atoms with van der Waals surface area (Å²) in [5.74, 6) is 1.51. The van der Waals surface area contributed by atoms with Crippen LogP contribution in [0.15, 0.2) is 0 Å². The van der Waals surface area contributed by atoms with Gasteiger partial charge in [-0.3, -0.25) is 9.89 Å². The van der Waals surface area contributed by atoms with Crippen molar-refractivity contribution >= 4 is 5.91 Å². The Kier molecular flexibility index (Phi) is 2.17. The molecule has 1 aliphatic carbocycles. The van der Waals surface area contributed by atoms with Gasteiger partial charge < -0.3 is 10.2 Å². The van der Waals surface area contributed by atoms with Gasteiger partial charge in [-0.15, -0.1) is 0 Å². The Morgan fingerprint density at radius 1 is 1.37 bits per heavy atom. The van der Waals surface area contributed by atoms with E-state index < -0.39 is 0 Å². The standard InChI is InChI=1S/C14H20N4O/c1-14(2)9-6-18(7-10(9)14)13(19)12-8-5-15-4-3-11(8)16-17-12/h9-10,15H,3-7H2,1-2H3,(H,16,17). The molecular weight excluding hydrogens is 240 g/mol. The van der Waals surface area contributed by atoms with Crippen LogP contribution in [0.4, 0.5) is 0 Å². The minimum absolute atomic E-state index is 0.115. The molecule has 1 aromatic heterocycles. The Hall–Kier alpha value is -1.36. The van der Waals surface area contributed by atoms with Crippen molar-refractivity contribution in [3.63, 3.8) is 0 Å². The van der Waals surface area contributed by atoms with Crippen molar-refractivity contribution < 1.29 is 4.79 Å². The Balaban J connectivity index is 1.55. The number of H-pyrrole nitrogens is 1. The lowest BCUT2D eigenvalue weighted by atomic mass is 10.0. The second kappa shape index (κ2) is 3.60. The molecule has 5 heteroatoms. The molecule has 0 bridgehead atoms. The van der Waals surface area contributed by atoms with E-state index in [1.807, 2.05) is 4.90 Å². The fraction of sp³-hybridized carbons (Fsp3) is 0.714. The average molecular weight is 260 g/mol. The first-order valence-electron chi connectivity index (χ1n) is 7.15. The third-order valence-electron chi connectivity index (χ3n) is 5.42. The van der Waals surface area contributed by atoms with Gasteiger partial charge in [0.15, 0.2) is 5.69 Å². The Labute approximate surface area is 112 Å². The first-order valence-corrected chi connectivity index (χ1v) is 7.15. The lowest BCUT2D eigenvalue weighted by Gasteiger charge is -2.22. The zero-order valence-electron chi connectivity index (χ0n) is 11.5. The number of aromatic amines is 1. The van der Waals surface area contributed by atoms with E-state index in [0.717, 1.165) is 43.9 Å². The lowest BCUT2D eigenvalue weighted by Crippen LogP contribution is -2.34. The fourth-order valence-electron chi connectivity index (χ4n) is 3.85. The van der Waals surface area contributed by atoms with E-state index in [0.29, 0.717) is 22.9 Å². The highest BCUT2D eigenvalue weighted by atomic mass is 16.2. The van der Waals surface area contributed by atoms with Crippen molar-refractivity contribution in [2.45, 2.75) is 26.8 Å². The monoisotopic (exact) mass is 260 g/mol. The van der Waals surface area contributed by atoms with E-state index in [1.165, 1.54) is 0 Å². The van der Waals surface area contributed by atoms with E-state index in [-0.39, 0.29) is 5.91 Å². The van der Waals surface area contributed by atoms with Gasteiger partial charge in [0.05, 0.1) is 0 Å². The summed E-state index contributed by atoms with van der Waals surface area (Å²) in [6, 6.07) is 0. The maximum Gasteiger partial charge on any atom is 0.274 e. The molecule has 2 N–H and O–H groups in total. The van der Waals surface area contributed by atoms with Crippen LogP contribution in [-0.2, 0) is 13.0 Å². The van der Waals surface area contributed by atoms with Crippen LogP contribution in [0.5, 0.6) is 0 Å². The zero-order chi connectivity index (χ0) is 13.2. The van der Waals surface area contributed by atoms with Crippen molar-refractivity contribution in [2.24, 2.45) is 17.3 Å². The van der Waals surface area contributed by atoms with Gasteiger partial charge in [-0.1, -0.05) is 13.8 Å². The molecule has 102 valence electrons. The molecule has 2 unspecified atom stereocenters. The molecule has 1 saturated carbocycles. The number of carbonyl (C=O) groups excluding carboxylic acids is 1. The first-order chi connectivity index (χ1) is 9.09. The molecule has 2 atom stereocenters. The number of carbonyl (C=O) groups is 1. The van der Waals surface area contributed by atoms with Crippen LogP contribution in [0, 0.1) is 17.3 Å². The van der Waals surface area contributed by atoms with Gasteiger partial charge in [0.25, 0.3) is 5.91 Å². The van der Waals surface area contributed by atoms with Crippen molar-refractivity contribution in [1.82, 2.24) is 20.4 Å². The summed E-state index contributed by atoms with van der Waals surface area (Å²) in [5.41, 5.74) is 3.30. The Morgan fingerprint density at radius 2 is 2.11 bits per heavy atom. The van der Waals surface area contributed by atoms with Gasteiger partial charge >= 0.3 is 0 Å². The molecule has 5 nitrogen and oxygen atoms in total. The number of likely N-dealkylation sites (tertiary alicyclic amines) is 1. The minimum atomic E-state index is 0.115. The summed E-state index contributed by atoms with van der Waals surface area (Å²) >= 11 is 0. The Morgan fingerprint density at radius 3 is 2.84 bits per heavy atom. The molecule has 4 rings (SSSR count). The number of amides is 1. The van der Waals surface area contributed by atoms with Crippen molar-refractivity contribution in [1.29, 1.82) is 0 Å². The van der Waals surface area contributed by atoms with Gasteiger partial charge in [0.1, 0.15) is 0 Å². The van der Waals surface area contributed by atoms with E-state index in [9.17, 15) is 4.79 Å². The van der Waals surface area contributed by atoms with E-state index in [1.54, 1.807) is 0 Å². The normalized spacial score (nSPS) is 30.9. The topological polar surface area (TPSA) is 61.0 Å². The second-order valence-corrected chi connectivity index (χ2v) is 6.70. The summed E-state index contributed by atoms with van der Waals surface area (Å²) in [4.78, 5) is 14.6. The summed E-state index contributed by atoms with van der Waals surface area (Å²) in [7, 11) is 0. The van der Waals surface area contributed by atoms with Gasteiger partial charge in [-0.05, 0) is 17.3 Å². The molecule has 19 heavy (non-hydrogen) atoms. The van der Waals surface area contributed by atoms with Crippen LogP contribution in [0.1, 0.15) is 35.6 Å². The van der Waals surface area contributed by atoms with Gasteiger partial charge in [0.2, 0.25) is 0 Å². The van der Waals surface area contributed by atoms with E-state index >= 15 is 0 Å². The highest BCUT2D eigenvalue weighted by Gasteiger charge is 2.62.